The summed E-state index contributed by atoms with van der Waals surface area (Å²) in [6.45, 7) is 7.60. The molecule has 0 aliphatic heterocycles. The van der Waals surface area contributed by atoms with Gasteiger partial charge >= 0.3 is 0 Å². The first kappa shape index (κ1) is 15.0. The van der Waals surface area contributed by atoms with Gasteiger partial charge in [0, 0.05) is 0 Å². The quantitative estimate of drug-likeness (QED) is 0.411. The second-order valence-electron chi connectivity index (χ2n) is 4.28. The first-order chi connectivity index (χ1) is 7.54. The molecule has 0 aromatic rings. The lowest BCUT2D eigenvalue weighted by molar-refractivity contribution is 0.0655. The van der Waals surface area contributed by atoms with E-state index in [0.717, 1.165) is 19.3 Å². The molecule has 16 heavy (non-hydrogen) atoms. The highest BCUT2D eigenvalue weighted by atomic mass is 16.3. The van der Waals surface area contributed by atoms with E-state index in [1.54, 1.807) is 13.8 Å². The van der Waals surface area contributed by atoms with Gasteiger partial charge < -0.3 is 5.11 Å². The van der Waals surface area contributed by atoms with Gasteiger partial charge in [-0.1, -0.05) is 37.1 Å². The average Bonchev–Trinajstić information content (AvgIpc) is 2.22. The summed E-state index contributed by atoms with van der Waals surface area (Å²) in [5.41, 5.74) is -0.873. The van der Waals surface area contributed by atoms with E-state index in [1.807, 2.05) is 13.8 Å². The summed E-state index contributed by atoms with van der Waals surface area (Å²) in [6, 6.07) is 0. The normalized spacial score (nSPS) is 17.1. The minimum absolute atomic E-state index is 0.165. The molecule has 0 amide bonds. The third-order valence-electron chi connectivity index (χ3n) is 2.73. The molecular formula is C15H24O. The van der Waals surface area contributed by atoms with Crippen LogP contribution in [-0.4, -0.2) is 10.7 Å². The molecule has 2 atom stereocenters. The molecule has 0 aromatic carbocycles. The van der Waals surface area contributed by atoms with Crippen molar-refractivity contribution in [2.24, 2.45) is 5.92 Å². The molecule has 0 aromatic heterocycles. The highest BCUT2D eigenvalue weighted by Gasteiger charge is 2.24. The van der Waals surface area contributed by atoms with Gasteiger partial charge in [0.05, 0.1) is 0 Å². The summed E-state index contributed by atoms with van der Waals surface area (Å²) < 4.78 is 0. The second-order valence-corrected chi connectivity index (χ2v) is 4.28. The first-order valence-corrected chi connectivity index (χ1v) is 5.97. The Hall–Kier alpha value is -1.00. The van der Waals surface area contributed by atoms with Crippen molar-refractivity contribution in [1.29, 1.82) is 0 Å². The molecule has 0 fully saturated rings. The van der Waals surface area contributed by atoms with Crippen LogP contribution in [0, 0.1) is 17.8 Å². The third kappa shape index (κ3) is 6.48. The Bertz CT molecular complexity index is 286. The predicted octanol–water partition coefficient (Wildman–Crippen LogP) is 3.70. The smallest absolute Gasteiger partial charge is 0.125 e. The van der Waals surface area contributed by atoms with Crippen molar-refractivity contribution in [2.75, 3.05) is 0 Å². The highest BCUT2D eigenvalue weighted by molar-refractivity contribution is 5.12. The van der Waals surface area contributed by atoms with Gasteiger partial charge in [-0.05, 0) is 46.0 Å². The molecule has 90 valence electrons. The van der Waals surface area contributed by atoms with Crippen LogP contribution < -0.4 is 0 Å². The molecular weight excluding hydrogens is 196 g/mol. The number of aliphatic hydroxyl groups is 1. The molecule has 0 aliphatic carbocycles. The van der Waals surface area contributed by atoms with E-state index in [-0.39, 0.29) is 5.92 Å². The predicted molar refractivity (Wildman–Crippen MR) is 71.0 cm³/mol. The summed E-state index contributed by atoms with van der Waals surface area (Å²) in [5.74, 6) is 5.78. The van der Waals surface area contributed by atoms with Gasteiger partial charge in [0.25, 0.3) is 0 Å². The first-order valence-electron chi connectivity index (χ1n) is 5.97. The van der Waals surface area contributed by atoms with Crippen LogP contribution in [-0.2, 0) is 0 Å². The third-order valence-corrected chi connectivity index (χ3v) is 2.73. The Morgan fingerprint density at radius 1 is 1.25 bits per heavy atom. The standard InChI is InChI=1S/C15H24O/c1-5-7-8-9-10-11-12-14(3)15(4,16)13-6-2/h5,7,10-11,14,16H,8-9,12H2,1-4H3. The fourth-order valence-corrected chi connectivity index (χ4v) is 1.38. The van der Waals surface area contributed by atoms with E-state index in [1.165, 1.54) is 0 Å². The molecule has 0 saturated heterocycles. The van der Waals surface area contributed by atoms with E-state index < -0.39 is 5.60 Å². The zero-order valence-electron chi connectivity index (χ0n) is 11.0. The van der Waals surface area contributed by atoms with Crippen LogP contribution in [0.3, 0.4) is 0 Å². The molecule has 1 heteroatoms. The van der Waals surface area contributed by atoms with Crippen molar-refractivity contribution in [3.05, 3.63) is 24.3 Å². The lowest BCUT2D eigenvalue weighted by Crippen LogP contribution is -2.30. The Morgan fingerprint density at radius 3 is 2.44 bits per heavy atom. The van der Waals surface area contributed by atoms with Gasteiger partial charge in [-0.3, -0.25) is 0 Å². The van der Waals surface area contributed by atoms with Crippen LogP contribution in [0.25, 0.3) is 0 Å². The van der Waals surface area contributed by atoms with Crippen LogP contribution in [0.15, 0.2) is 24.3 Å². The molecule has 0 radical (unpaired) electrons. The average molecular weight is 220 g/mol. The van der Waals surface area contributed by atoms with Crippen molar-refractivity contribution in [1.82, 2.24) is 0 Å². The fourth-order valence-electron chi connectivity index (χ4n) is 1.38. The zero-order chi connectivity index (χ0) is 12.4. The minimum atomic E-state index is -0.873. The summed E-state index contributed by atoms with van der Waals surface area (Å²) in [6.07, 6.45) is 11.6. The molecule has 0 rings (SSSR count). The van der Waals surface area contributed by atoms with Crippen molar-refractivity contribution in [2.45, 2.75) is 52.6 Å². The van der Waals surface area contributed by atoms with Crippen LogP contribution in [0.5, 0.6) is 0 Å². The Kier molecular flexibility index (Phi) is 7.68. The van der Waals surface area contributed by atoms with Crippen LogP contribution in [0.1, 0.15) is 47.0 Å². The van der Waals surface area contributed by atoms with Crippen molar-refractivity contribution < 1.29 is 5.11 Å². The Labute approximate surface area is 100 Å². The summed E-state index contributed by atoms with van der Waals surface area (Å²) in [5, 5.41) is 10.0. The zero-order valence-corrected chi connectivity index (χ0v) is 11.0. The SMILES string of the molecule is CC#CC(C)(O)C(C)CC=CCCC=CC. The van der Waals surface area contributed by atoms with Crippen LogP contribution in [0.2, 0.25) is 0 Å². The van der Waals surface area contributed by atoms with Crippen LogP contribution in [0.4, 0.5) is 0 Å². The number of hydrogen-bond acceptors (Lipinski definition) is 1. The lowest BCUT2D eigenvalue weighted by atomic mass is 9.88. The Balaban J connectivity index is 3.95. The van der Waals surface area contributed by atoms with Gasteiger partial charge in [-0.25, -0.2) is 0 Å². The topological polar surface area (TPSA) is 20.2 Å². The maximum atomic E-state index is 10.0. The van der Waals surface area contributed by atoms with Gasteiger partial charge in [0.15, 0.2) is 0 Å². The highest BCUT2D eigenvalue weighted by Crippen LogP contribution is 2.19. The number of unbranched alkanes of at least 4 members (excludes halogenated alkanes) is 1. The van der Waals surface area contributed by atoms with Crippen LogP contribution >= 0.6 is 0 Å². The maximum Gasteiger partial charge on any atom is 0.125 e. The number of rotatable bonds is 6. The minimum Gasteiger partial charge on any atom is -0.378 e. The second kappa shape index (κ2) is 8.19. The van der Waals surface area contributed by atoms with E-state index in [4.69, 9.17) is 0 Å². The van der Waals surface area contributed by atoms with Gasteiger partial charge in [0.2, 0.25) is 0 Å². The lowest BCUT2D eigenvalue weighted by Gasteiger charge is -2.23. The molecule has 0 bridgehead atoms. The van der Waals surface area contributed by atoms with Crippen molar-refractivity contribution >= 4 is 0 Å². The molecule has 1 nitrogen and oxygen atoms in total. The van der Waals surface area contributed by atoms with Gasteiger partial charge in [-0.15, -0.1) is 5.92 Å². The largest absolute Gasteiger partial charge is 0.378 e. The molecule has 0 spiro atoms. The maximum absolute atomic E-state index is 10.0. The monoisotopic (exact) mass is 220 g/mol. The molecule has 0 saturated carbocycles. The number of allylic oxidation sites excluding steroid dienone is 4. The summed E-state index contributed by atoms with van der Waals surface area (Å²) in [7, 11) is 0. The van der Waals surface area contributed by atoms with Crippen molar-refractivity contribution in [3.63, 3.8) is 0 Å². The summed E-state index contributed by atoms with van der Waals surface area (Å²) >= 11 is 0. The summed E-state index contributed by atoms with van der Waals surface area (Å²) in [4.78, 5) is 0. The molecule has 0 aliphatic rings. The van der Waals surface area contributed by atoms with E-state index in [0.29, 0.717) is 0 Å². The number of hydrogen-bond donors (Lipinski definition) is 1. The fraction of sp³-hybridized carbons (Fsp3) is 0.600. The Morgan fingerprint density at radius 2 is 1.88 bits per heavy atom. The molecule has 1 N–H and O–H groups in total. The molecule has 2 unspecified atom stereocenters. The van der Waals surface area contributed by atoms with Crippen molar-refractivity contribution in [3.8, 4) is 11.8 Å². The van der Waals surface area contributed by atoms with E-state index in [9.17, 15) is 5.11 Å². The molecule has 0 heterocycles. The van der Waals surface area contributed by atoms with E-state index >= 15 is 0 Å². The van der Waals surface area contributed by atoms with Gasteiger partial charge in [-0.2, -0.15) is 0 Å². The van der Waals surface area contributed by atoms with Gasteiger partial charge in [0.1, 0.15) is 5.60 Å². The van der Waals surface area contributed by atoms with E-state index in [2.05, 4.69) is 36.1 Å².